The number of nitrogens with one attached hydrogen (secondary N) is 2. The molecule has 2 aliphatic rings. The van der Waals surface area contributed by atoms with Crippen LogP contribution in [0.4, 0.5) is 0 Å². The minimum absolute atomic E-state index is 0.193. The Morgan fingerprint density at radius 2 is 1.53 bits per heavy atom. The van der Waals surface area contributed by atoms with Gasteiger partial charge in [-0.15, -0.1) is 0 Å². The average Bonchev–Trinajstić information content (AvgIpc) is 2.09. The second kappa shape index (κ2) is 4.85. The lowest BCUT2D eigenvalue weighted by Gasteiger charge is -2.45. The zero-order valence-corrected chi connectivity index (χ0v) is 13.6. The van der Waals surface area contributed by atoms with Crippen LogP contribution in [0.25, 0.3) is 0 Å². The minimum Gasteiger partial charge on any atom is -0.311 e. The van der Waals surface area contributed by atoms with Crippen molar-refractivity contribution in [1.29, 1.82) is 0 Å². The van der Waals surface area contributed by atoms with E-state index < -0.39 is 0 Å². The maximum absolute atomic E-state index is 5.12. The molecule has 2 saturated heterocycles. The summed E-state index contributed by atoms with van der Waals surface area (Å²) < 4.78 is 0. The van der Waals surface area contributed by atoms with Gasteiger partial charge in [0.05, 0.1) is 6.04 Å². The molecule has 0 unspecified atom stereocenters. The summed E-state index contributed by atoms with van der Waals surface area (Å²) >= 11 is 0. The van der Waals surface area contributed by atoms with Crippen molar-refractivity contribution < 1.29 is 0 Å². The van der Waals surface area contributed by atoms with Crippen LogP contribution >= 0.6 is 0 Å². The molecule has 0 aromatic rings. The van der Waals surface area contributed by atoms with Gasteiger partial charge in [-0.25, -0.2) is 0 Å². The third-order valence-corrected chi connectivity index (χ3v) is 4.20. The zero-order valence-electron chi connectivity index (χ0n) is 13.6. The highest BCUT2D eigenvalue weighted by molar-refractivity contribution is 5.86. The standard InChI is InChI=1S/C16H31N3/c1-14(2)9-12(7-8-17-14)18-13-10-15(3,4)19-16(5,6)11-13/h13,17,19H,7-11H2,1-6H3. The molecule has 0 bridgehead atoms. The van der Waals surface area contributed by atoms with Gasteiger partial charge in [0.2, 0.25) is 0 Å². The molecule has 3 heteroatoms. The van der Waals surface area contributed by atoms with Gasteiger partial charge in [0.25, 0.3) is 0 Å². The van der Waals surface area contributed by atoms with Gasteiger partial charge in [-0.2, -0.15) is 0 Å². The number of rotatable bonds is 1. The molecule has 2 rings (SSSR count). The summed E-state index contributed by atoms with van der Waals surface area (Å²) in [5.74, 6) is 0. The molecular formula is C16H31N3. The Labute approximate surface area is 118 Å². The molecule has 0 spiro atoms. The normalized spacial score (nSPS) is 32.4. The minimum atomic E-state index is 0.193. The molecule has 3 nitrogen and oxygen atoms in total. The first-order valence-electron chi connectivity index (χ1n) is 7.67. The molecule has 0 atom stereocenters. The molecule has 2 fully saturated rings. The van der Waals surface area contributed by atoms with Gasteiger partial charge in [-0.05, 0) is 60.8 Å². The summed E-state index contributed by atoms with van der Waals surface area (Å²) in [7, 11) is 0. The molecule has 2 heterocycles. The van der Waals surface area contributed by atoms with E-state index in [0.717, 1.165) is 32.2 Å². The van der Waals surface area contributed by atoms with Crippen molar-refractivity contribution in [2.24, 2.45) is 4.99 Å². The fourth-order valence-corrected chi connectivity index (χ4v) is 3.93. The van der Waals surface area contributed by atoms with Crippen LogP contribution in [0.5, 0.6) is 0 Å². The van der Waals surface area contributed by atoms with Crippen LogP contribution in [0, 0.1) is 0 Å². The summed E-state index contributed by atoms with van der Waals surface area (Å²) in [6.07, 6.45) is 4.51. The van der Waals surface area contributed by atoms with Gasteiger partial charge in [0, 0.05) is 35.3 Å². The molecule has 0 aromatic heterocycles. The van der Waals surface area contributed by atoms with Crippen molar-refractivity contribution in [3.8, 4) is 0 Å². The SMILES string of the molecule is CC1(C)CC(=NC2CC(C)(C)NC(C)(C)C2)CCN1. The Kier molecular flexibility index (Phi) is 3.83. The average molecular weight is 265 g/mol. The van der Waals surface area contributed by atoms with Crippen LogP contribution < -0.4 is 10.6 Å². The van der Waals surface area contributed by atoms with Gasteiger partial charge in [0.1, 0.15) is 0 Å². The van der Waals surface area contributed by atoms with Crippen molar-refractivity contribution in [2.75, 3.05) is 6.54 Å². The quantitative estimate of drug-likeness (QED) is 0.765. The van der Waals surface area contributed by atoms with E-state index in [-0.39, 0.29) is 16.6 Å². The highest BCUT2D eigenvalue weighted by Gasteiger charge is 2.38. The first-order chi connectivity index (χ1) is 8.57. The van der Waals surface area contributed by atoms with Gasteiger partial charge in [-0.1, -0.05) is 0 Å². The van der Waals surface area contributed by atoms with Crippen LogP contribution in [0.15, 0.2) is 4.99 Å². The van der Waals surface area contributed by atoms with E-state index in [4.69, 9.17) is 4.99 Å². The van der Waals surface area contributed by atoms with Crippen LogP contribution in [-0.2, 0) is 0 Å². The first-order valence-corrected chi connectivity index (χ1v) is 7.67. The van der Waals surface area contributed by atoms with Crippen LogP contribution in [0.3, 0.4) is 0 Å². The topological polar surface area (TPSA) is 36.4 Å². The predicted octanol–water partition coefficient (Wildman–Crippen LogP) is 2.90. The Balaban J connectivity index is 2.09. The fourth-order valence-electron chi connectivity index (χ4n) is 3.93. The lowest BCUT2D eigenvalue weighted by Crippen LogP contribution is -2.59. The highest BCUT2D eigenvalue weighted by atomic mass is 15.1. The van der Waals surface area contributed by atoms with Gasteiger partial charge >= 0.3 is 0 Å². The molecule has 0 aliphatic carbocycles. The number of piperidine rings is 2. The molecule has 0 aromatic carbocycles. The summed E-state index contributed by atoms with van der Waals surface area (Å²) in [5, 5.41) is 7.30. The third-order valence-electron chi connectivity index (χ3n) is 4.20. The highest BCUT2D eigenvalue weighted by Crippen LogP contribution is 2.31. The number of aliphatic imine (C=N–C) groups is 1. The van der Waals surface area contributed by atoms with Crippen molar-refractivity contribution in [3.05, 3.63) is 0 Å². The monoisotopic (exact) mass is 265 g/mol. The Hall–Kier alpha value is -0.410. The molecule has 110 valence electrons. The second-order valence-corrected chi connectivity index (χ2v) is 8.39. The smallest absolute Gasteiger partial charge is 0.0533 e. The van der Waals surface area contributed by atoms with E-state index >= 15 is 0 Å². The molecule has 0 saturated carbocycles. The van der Waals surface area contributed by atoms with E-state index in [9.17, 15) is 0 Å². The van der Waals surface area contributed by atoms with Crippen molar-refractivity contribution in [2.45, 2.75) is 89.9 Å². The number of nitrogens with zero attached hydrogens (tertiary/aromatic N) is 1. The van der Waals surface area contributed by atoms with Gasteiger partial charge in [0.15, 0.2) is 0 Å². The summed E-state index contributed by atoms with van der Waals surface area (Å²) in [5.41, 5.74) is 2.02. The van der Waals surface area contributed by atoms with E-state index in [1.165, 1.54) is 5.71 Å². The van der Waals surface area contributed by atoms with Crippen LogP contribution in [0.1, 0.15) is 67.2 Å². The zero-order chi connectivity index (χ0) is 14.3. The Bertz CT molecular complexity index is 350. The Morgan fingerprint density at radius 1 is 0.947 bits per heavy atom. The third kappa shape index (κ3) is 4.28. The van der Waals surface area contributed by atoms with Crippen molar-refractivity contribution in [1.82, 2.24) is 10.6 Å². The molecule has 19 heavy (non-hydrogen) atoms. The van der Waals surface area contributed by atoms with Gasteiger partial charge < -0.3 is 10.6 Å². The molecule has 0 amide bonds. The largest absolute Gasteiger partial charge is 0.311 e. The molecule has 2 N–H and O–H groups in total. The summed E-state index contributed by atoms with van der Waals surface area (Å²) in [4.78, 5) is 5.12. The maximum atomic E-state index is 5.12. The second-order valence-electron chi connectivity index (χ2n) is 8.39. The summed E-state index contributed by atoms with van der Waals surface area (Å²) in [6, 6.07) is 0.482. The van der Waals surface area contributed by atoms with E-state index in [1.54, 1.807) is 0 Å². The van der Waals surface area contributed by atoms with E-state index in [0.29, 0.717) is 6.04 Å². The first kappa shape index (κ1) is 15.0. The summed E-state index contributed by atoms with van der Waals surface area (Å²) in [6.45, 7) is 14.8. The van der Waals surface area contributed by atoms with Gasteiger partial charge in [-0.3, -0.25) is 4.99 Å². The van der Waals surface area contributed by atoms with Crippen molar-refractivity contribution >= 4 is 5.71 Å². The van der Waals surface area contributed by atoms with Crippen molar-refractivity contribution in [3.63, 3.8) is 0 Å². The molecule has 2 aliphatic heterocycles. The number of hydrogen-bond acceptors (Lipinski definition) is 3. The molecule has 0 radical (unpaired) electrons. The fraction of sp³-hybridized carbons (Fsp3) is 0.938. The predicted molar refractivity (Wildman–Crippen MR) is 83.1 cm³/mol. The maximum Gasteiger partial charge on any atom is 0.0533 e. The lowest BCUT2D eigenvalue weighted by atomic mass is 9.79. The molecular weight excluding hydrogens is 234 g/mol. The lowest BCUT2D eigenvalue weighted by molar-refractivity contribution is 0.164. The van der Waals surface area contributed by atoms with E-state index in [1.807, 2.05) is 0 Å². The Morgan fingerprint density at radius 3 is 2.05 bits per heavy atom. The van der Waals surface area contributed by atoms with E-state index in [2.05, 4.69) is 52.2 Å². The van der Waals surface area contributed by atoms with Crippen LogP contribution in [0.2, 0.25) is 0 Å². The number of hydrogen-bond donors (Lipinski definition) is 2. The van der Waals surface area contributed by atoms with Crippen LogP contribution in [-0.4, -0.2) is 34.9 Å².